The van der Waals surface area contributed by atoms with E-state index in [1.165, 1.54) is 10.4 Å². The summed E-state index contributed by atoms with van der Waals surface area (Å²) in [5.41, 5.74) is 3.17. The highest BCUT2D eigenvalue weighted by molar-refractivity contribution is 7.18. The van der Waals surface area contributed by atoms with Gasteiger partial charge in [0.15, 0.2) is 5.82 Å². The highest BCUT2D eigenvalue weighted by atomic mass is 32.1. The largest absolute Gasteiger partial charge is 0.372 e. The number of hydrogen-bond acceptors (Lipinski definition) is 5. The van der Waals surface area contributed by atoms with Crippen LogP contribution in [0.5, 0.6) is 0 Å². The molecule has 4 nitrogen and oxygen atoms in total. The number of pyridine rings is 1. The van der Waals surface area contributed by atoms with Gasteiger partial charge in [0, 0.05) is 18.1 Å². The van der Waals surface area contributed by atoms with Gasteiger partial charge in [0.2, 0.25) is 0 Å². The standard InChI is InChI=1S/C15H16N4S/c1-8-6-5-7-17-12(8)14-18-13(16-4)11-9(2)10(3)20-15(11)19-14/h5-7H,1-4H3,(H,16,18,19). The number of hydrogen-bond donors (Lipinski definition) is 1. The van der Waals surface area contributed by atoms with Crippen molar-refractivity contribution in [1.82, 2.24) is 15.0 Å². The lowest BCUT2D eigenvalue weighted by atomic mass is 10.2. The molecule has 0 aromatic carbocycles. The smallest absolute Gasteiger partial charge is 0.181 e. The first-order chi connectivity index (χ1) is 9.61. The Balaban J connectivity index is 2.32. The van der Waals surface area contributed by atoms with Crippen molar-refractivity contribution in [2.45, 2.75) is 20.8 Å². The number of rotatable bonds is 2. The maximum atomic E-state index is 4.70. The topological polar surface area (TPSA) is 50.7 Å². The molecule has 0 fully saturated rings. The molecular formula is C15H16N4S. The zero-order valence-electron chi connectivity index (χ0n) is 12.0. The predicted molar refractivity (Wildman–Crippen MR) is 84.4 cm³/mol. The second kappa shape index (κ2) is 4.83. The van der Waals surface area contributed by atoms with E-state index in [1.54, 1.807) is 17.5 Å². The number of nitrogens with zero attached hydrogens (tertiary/aromatic N) is 3. The molecule has 1 N–H and O–H groups in total. The molecule has 0 unspecified atom stereocenters. The summed E-state index contributed by atoms with van der Waals surface area (Å²) in [5, 5.41) is 4.30. The van der Waals surface area contributed by atoms with E-state index in [4.69, 9.17) is 4.98 Å². The Labute approximate surface area is 121 Å². The third-order valence-electron chi connectivity index (χ3n) is 3.49. The molecule has 0 aliphatic carbocycles. The molecule has 3 aromatic heterocycles. The summed E-state index contributed by atoms with van der Waals surface area (Å²) >= 11 is 1.70. The van der Waals surface area contributed by atoms with E-state index in [0.29, 0.717) is 5.82 Å². The van der Waals surface area contributed by atoms with E-state index in [-0.39, 0.29) is 0 Å². The van der Waals surface area contributed by atoms with E-state index in [2.05, 4.69) is 29.1 Å². The molecule has 0 saturated heterocycles. The quantitative estimate of drug-likeness (QED) is 0.779. The van der Waals surface area contributed by atoms with E-state index >= 15 is 0 Å². The normalized spacial score (nSPS) is 11.0. The van der Waals surface area contributed by atoms with Gasteiger partial charge in [-0.1, -0.05) is 6.07 Å². The summed E-state index contributed by atoms with van der Waals surface area (Å²) < 4.78 is 0. The van der Waals surface area contributed by atoms with Crippen LogP contribution >= 0.6 is 11.3 Å². The maximum Gasteiger partial charge on any atom is 0.181 e. The van der Waals surface area contributed by atoms with Crippen LogP contribution in [-0.4, -0.2) is 22.0 Å². The lowest BCUT2D eigenvalue weighted by molar-refractivity contribution is 1.15. The van der Waals surface area contributed by atoms with Crippen molar-refractivity contribution in [3.8, 4) is 11.5 Å². The van der Waals surface area contributed by atoms with Crippen LogP contribution in [0, 0.1) is 20.8 Å². The van der Waals surface area contributed by atoms with Gasteiger partial charge >= 0.3 is 0 Å². The van der Waals surface area contributed by atoms with Gasteiger partial charge in [-0.15, -0.1) is 11.3 Å². The molecule has 3 rings (SSSR count). The maximum absolute atomic E-state index is 4.70. The number of fused-ring (bicyclic) bond motifs is 1. The van der Waals surface area contributed by atoms with Gasteiger partial charge in [0.05, 0.1) is 5.39 Å². The summed E-state index contributed by atoms with van der Waals surface area (Å²) in [6, 6.07) is 3.95. The van der Waals surface area contributed by atoms with Crippen molar-refractivity contribution in [1.29, 1.82) is 0 Å². The van der Waals surface area contributed by atoms with E-state index < -0.39 is 0 Å². The number of anilines is 1. The van der Waals surface area contributed by atoms with Gasteiger partial charge in [-0.25, -0.2) is 9.97 Å². The minimum Gasteiger partial charge on any atom is -0.372 e. The Hall–Kier alpha value is -2.01. The zero-order chi connectivity index (χ0) is 14.3. The first-order valence-corrected chi connectivity index (χ1v) is 7.31. The fraction of sp³-hybridized carbons (Fsp3) is 0.267. The number of thiophene rings is 1. The number of nitrogens with one attached hydrogen (secondary N) is 1. The SMILES string of the molecule is CNc1nc(-c2ncccc2C)nc2sc(C)c(C)c12. The minimum atomic E-state index is 0.682. The van der Waals surface area contributed by atoms with Gasteiger partial charge in [-0.2, -0.15) is 0 Å². The third kappa shape index (κ3) is 1.94. The molecular weight excluding hydrogens is 268 g/mol. The van der Waals surface area contributed by atoms with E-state index in [0.717, 1.165) is 27.3 Å². The van der Waals surface area contributed by atoms with Crippen LogP contribution in [0.3, 0.4) is 0 Å². The van der Waals surface area contributed by atoms with Crippen molar-refractivity contribution in [2.75, 3.05) is 12.4 Å². The fourth-order valence-electron chi connectivity index (χ4n) is 2.26. The number of aryl methyl sites for hydroxylation is 3. The van der Waals surface area contributed by atoms with Crippen LogP contribution in [0.4, 0.5) is 5.82 Å². The molecule has 3 heterocycles. The monoisotopic (exact) mass is 284 g/mol. The molecule has 102 valence electrons. The molecule has 0 saturated carbocycles. The Morgan fingerprint density at radius 2 is 1.95 bits per heavy atom. The first-order valence-electron chi connectivity index (χ1n) is 6.49. The highest BCUT2D eigenvalue weighted by Gasteiger charge is 2.15. The molecule has 0 radical (unpaired) electrons. The summed E-state index contributed by atoms with van der Waals surface area (Å²) in [5.74, 6) is 1.55. The van der Waals surface area contributed by atoms with Crippen molar-refractivity contribution in [3.05, 3.63) is 34.3 Å². The molecule has 20 heavy (non-hydrogen) atoms. The van der Waals surface area contributed by atoms with Crippen LogP contribution in [0.25, 0.3) is 21.7 Å². The summed E-state index contributed by atoms with van der Waals surface area (Å²) in [7, 11) is 1.89. The first kappa shape index (κ1) is 13.0. The Kier molecular flexibility index (Phi) is 3.14. The van der Waals surface area contributed by atoms with Gasteiger partial charge in [0.25, 0.3) is 0 Å². The molecule has 0 aliphatic heterocycles. The van der Waals surface area contributed by atoms with Crippen LogP contribution in [-0.2, 0) is 0 Å². The Morgan fingerprint density at radius 3 is 2.65 bits per heavy atom. The zero-order valence-corrected chi connectivity index (χ0v) is 12.8. The van der Waals surface area contributed by atoms with Gasteiger partial charge in [-0.3, -0.25) is 4.98 Å². The Bertz CT molecular complexity index is 792. The number of aromatic nitrogens is 3. The second-order valence-electron chi connectivity index (χ2n) is 4.78. The second-order valence-corrected chi connectivity index (χ2v) is 5.98. The summed E-state index contributed by atoms with van der Waals surface area (Å²) in [6.45, 7) is 6.26. The average Bonchev–Trinajstić information content (AvgIpc) is 2.73. The highest BCUT2D eigenvalue weighted by Crippen LogP contribution is 2.34. The lowest BCUT2D eigenvalue weighted by Gasteiger charge is -2.07. The van der Waals surface area contributed by atoms with Crippen LogP contribution in [0.15, 0.2) is 18.3 Å². The van der Waals surface area contributed by atoms with Crippen molar-refractivity contribution < 1.29 is 0 Å². The molecule has 5 heteroatoms. The van der Waals surface area contributed by atoms with Crippen molar-refractivity contribution in [2.24, 2.45) is 0 Å². The van der Waals surface area contributed by atoms with Gasteiger partial charge in [-0.05, 0) is 38.0 Å². The third-order valence-corrected chi connectivity index (χ3v) is 4.59. The van der Waals surface area contributed by atoms with E-state index in [9.17, 15) is 0 Å². The Morgan fingerprint density at radius 1 is 1.15 bits per heavy atom. The van der Waals surface area contributed by atoms with E-state index in [1.807, 2.05) is 26.1 Å². The van der Waals surface area contributed by atoms with Crippen LogP contribution in [0.2, 0.25) is 0 Å². The van der Waals surface area contributed by atoms with Gasteiger partial charge < -0.3 is 5.32 Å². The predicted octanol–water partition coefficient (Wildman–Crippen LogP) is 3.72. The molecule has 0 atom stereocenters. The summed E-state index contributed by atoms with van der Waals surface area (Å²) in [6.07, 6.45) is 1.78. The fourth-order valence-corrected chi connectivity index (χ4v) is 3.29. The lowest BCUT2D eigenvalue weighted by Crippen LogP contribution is -2.00. The minimum absolute atomic E-state index is 0.682. The van der Waals surface area contributed by atoms with Crippen molar-refractivity contribution in [3.63, 3.8) is 0 Å². The molecule has 0 spiro atoms. The van der Waals surface area contributed by atoms with Crippen LogP contribution < -0.4 is 5.32 Å². The molecule has 3 aromatic rings. The van der Waals surface area contributed by atoms with Crippen molar-refractivity contribution >= 4 is 27.4 Å². The average molecular weight is 284 g/mol. The molecule has 0 amide bonds. The summed E-state index contributed by atoms with van der Waals surface area (Å²) in [4.78, 5) is 16.1. The molecule has 0 bridgehead atoms. The molecule has 0 aliphatic rings. The van der Waals surface area contributed by atoms with Crippen LogP contribution in [0.1, 0.15) is 16.0 Å². The van der Waals surface area contributed by atoms with Gasteiger partial charge in [0.1, 0.15) is 16.3 Å².